The normalized spacial score (nSPS) is 10.3. The Kier molecular flexibility index (Phi) is 5.21. The number of hydrogen-bond donors (Lipinski definition) is 1. The molecular weight excluding hydrogens is 372 g/mol. The Morgan fingerprint density at radius 1 is 1.23 bits per heavy atom. The van der Waals surface area contributed by atoms with Crippen molar-refractivity contribution >= 4 is 39.3 Å². The first-order valence-electron chi connectivity index (χ1n) is 6.33. The molecule has 6 heteroatoms. The third-order valence-corrected chi connectivity index (χ3v) is 3.53. The lowest BCUT2D eigenvalue weighted by atomic mass is 10.0. The summed E-state index contributed by atoms with van der Waals surface area (Å²) in [4.78, 5) is 23.3. The molecule has 0 aliphatic heterocycles. The molecule has 0 spiro atoms. The van der Waals surface area contributed by atoms with Crippen molar-refractivity contribution in [3.05, 3.63) is 62.6 Å². The van der Waals surface area contributed by atoms with E-state index in [-0.39, 0.29) is 17.1 Å². The van der Waals surface area contributed by atoms with Crippen LogP contribution in [-0.2, 0) is 4.79 Å². The average molecular weight is 384 g/mol. The molecule has 0 atom stereocenters. The number of hydrogen-bond acceptors (Lipinski definition) is 3. The van der Waals surface area contributed by atoms with Crippen LogP contribution in [0, 0.1) is 6.92 Å². The van der Waals surface area contributed by atoms with Crippen LogP contribution in [0.5, 0.6) is 5.75 Å². The van der Waals surface area contributed by atoms with E-state index in [1.165, 1.54) is 12.1 Å². The smallest absolute Gasteiger partial charge is 0.341 e. The maximum Gasteiger partial charge on any atom is 0.341 e. The van der Waals surface area contributed by atoms with Gasteiger partial charge in [-0.15, -0.1) is 0 Å². The SMILES string of the molecule is Cc1cc(Br)cc(C(=O)c2cc(Cl)ccc2OCC(=O)O)c1. The first kappa shape index (κ1) is 16.5. The summed E-state index contributed by atoms with van der Waals surface area (Å²) >= 11 is 9.29. The molecule has 0 radical (unpaired) electrons. The van der Waals surface area contributed by atoms with Gasteiger partial charge in [-0.05, 0) is 48.9 Å². The molecule has 0 heterocycles. The second kappa shape index (κ2) is 6.94. The first-order chi connectivity index (χ1) is 10.4. The molecule has 0 aliphatic carbocycles. The Morgan fingerprint density at radius 3 is 2.59 bits per heavy atom. The molecule has 2 rings (SSSR count). The number of halogens is 2. The predicted octanol–water partition coefficient (Wildman–Crippen LogP) is 4.11. The molecule has 1 N–H and O–H groups in total. The Hall–Kier alpha value is -1.85. The van der Waals surface area contributed by atoms with Crippen LogP contribution in [0.1, 0.15) is 21.5 Å². The summed E-state index contributed by atoms with van der Waals surface area (Å²) in [5.74, 6) is -1.21. The van der Waals surface area contributed by atoms with Crippen LogP contribution < -0.4 is 4.74 Å². The third kappa shape index (κ3) is 4.08. The number of ether oxygens (including phenoxy) is 1. The van der Waals surface area contributed by atoms with E-state index in [0.717, 1.165) is 10.0 Å². The lowest BCUT2D eigenvalue weighted by molar-refractivity contribution is -0.139. The zero-order valence-electron chi connectivity index (χ0n) is 11.6. The predicted molar refractivity (Wildman–Crippen MR) is 86.9 cm³/mol. The van der Waals surface area contributed by atoms with Crippen molar-refractivity contribution < 1.29 is 19.4 Å². The highest BCUT2D eigenvalue weighted by atomic mass is 79.9. The van der Waals surface area contributed by atoms with Crippen LogP contribution >= 0.6 is 27.5 Å². The average Bonchev–Trinajstić information content (AvgIpc) is 2.44. The van der Waals surface area contributed by atoms with Gasteiger partial charge in [0.15, 0.2) is 12.4 Å². The zero-order chi connectivity index (χ0) is 16.3. The summed E-state index contributed by atoms with van der Waals surface area (Å²) in [6, 6.07) is 9.82. The second-order valence-electron chi connectivity index (χ2n) is 4.67. The van der Waals surface area contributed by atoms with Crippen molar-refractivity contribution in [1.82, 2.24) is 0 Å². The lowest BCUT2D eigenvalue weighted by Gasteiger charge is -2.10. The minimum Gasteiger partial charge on any atom is -0.481 e. The fourth-order valence-corrected chi connectivity index (χ4v) is 2.75. The van der Waals surface area contributed by atoms with Crippen LogP contribution in [0.25, 0.3) is 0 Å². The summed E-state index contributed by atoms with van der Waals surface area (Å²) in [5, 5.41) is 9.08. The molecule has 0 saturated carbocycles. The van der Waals surface area contributed by atoms with Gasteiger partial charge in [-0.2, -0.15) is 0 Å². The molecule has 2 aromatic carbocycles. The Morgan fingerprint density at radius 2 is 1.95 bits per heavy atom. The van der Waals surface area contributed by atoms with Crippen LogP contribution in [0.3, 0.4) is 0 Å². The number of carbonyl (C=O) groups excluding carboxylic acids is 1. The molecule has 0 fully saturated rings. The van der Waals surface area contributed by atoms with E-state index < -0.39 is 12.6 Å². The quantitative estimate of drug-likeness (QED) is 0.789. The highest BCUT2D eigenvalue weighted by Gasteiger charge is 2.17. The molecule has 0 unspecified atom stereocenters. The molecule has 0 bridgehead atoms. The number of benzene rings is 2. The van der Waals surface area contributed by atoms with E-state index in [2.05, 4.69) is 15.9 Å². The summed E-state index contributed by atoms with van der Waals surface area (Å²) in [6.45, 7) is 1.35. The van der Waals surface area contributed by atoms with Gasteiger partial charge in [-0.3, -0.25) is 4.79 Å². The van der Waals surface area contributed by atoms with E-state index >= 15 is 0 Å². The van der Waals surface area contributed by atoms with E-state index in [9.17, 15) is 9.59 Å². The van der Waals surface area contributed by atoms with Crippen LogP contribution in [0.4, 0.5) is 0 Å². The number of rotatable bonds is 5. The second-order valence-corrected chi connectivity index (χ2v) is 6.02. The van der Waals surface area contributed by atoms with Gasteiger partial charge in [-0.25, -0.2) is 4.79 Å². The van der Waals surface area contributed by atoms with E-state index in [4.69, 9.17) is 21.4 Å². The monoisotopic (exact) mass is 382 g/mol. The Balaban J connectivity index is 2.43. The van der Waals surface area contributed by atoms with Crippen molar-refractivity contribution in [3.63, 3.8) is 0 Å². The number of carboxylic acids is 1. The molecule has 0 aliphatic rings. The topological polar surface area (TPSA) is 63.6 Å². The van der Waals surface area contributed by atoms with Crippen molar-refractivity contribution in [2.75, 3.05) is 6.61 Å². The molecule has 114 valence electrons. The minimum atomic E-state index is -1.12. The molecule has 22 heavy (non-hydrogen) atoms. The van der Waals surface area contributed by atoms with Gasteiger partial charge in [0, 0.05) is 15.1 Å². The maximum absolute atomic E-state index is 12.7. The summed E-state index contributed by atoms with van der Waals surface area (Å²) in [5.41, 5.74) is 1.62. The largest absolute Gasteiger partial charge is 0.481 e. The van der Waals surface area contributed by atoms with Gasteiger partial charge in [0.25, 0.3) is 0 Å². The summed E-state index contributed by atoms with van der Waals surface area (Å²) < 4.78 is 5.95. The molecule has 0 amide bonds. The number of carbonyl (C=O) groups is 2. The van der Waals surface area contributed by atoms with E-state index in [0.29, 0.717) is 10.6 Å². The lowest BCUT2D eigenvalue weighted by Crippen LogP contribution is -2.12. The minimum absolute atomic E-state index is 0.189. The number of ketones is 1. The number of carboxylic acid groups (broad SMARTS) is 1. The molecule has 0 saturated heterocycles. The van der Waals surface area contributed by atoms with Gasteiger partial charge in [-0.1, -0.05) is 27.5 Å². The molecule has 2 aromatic rings. The molecule has 0 aromatic heterocycles. The zero-order valence-corrected chi connectivity index (χ0v) is 13.9. The van der Waals surface area contributed by atoms with Gasteiger partial charge in [0.1, 0.15) is 5.75 Å². The maximum atomic E-state index is 12.7. The summed E-state index contributed by atoms with van der Waals surface area (Å²) in [7, 11) is 0. The highest BCUT2D eigenvalue weighted by Crippen LogP contribution is 2.27. The van der Waals surface area contributed by atoms with Crippen molar-refractivity contribution in [1.29, 1.82) is 0 Å². The van der Waals surface area contributed by atoms with Gasteiger partial charge in [0.05, 0.1) is 5.56 Å². The first-order valence-corrected chi connectivity index (χ1v) is 7.50. The Bertz CT molecular complexity index is 723. The molecule has 4 nitrogen and oxygen atoms in total. The highest BCUT2D eigenvalue weighted by molar-refractivity contribution is 9.10. The fraction of sp³-hybridized carbons (Fsp3) is 0.125. The van der Waals surface area contributed by atoms with E-state index in [1.54, 1.807) is 18.2 Å². The van der Waals surface area contributed by atoms with Crippen molar-refractivity contribution in [2.24, 2.45) is 0 Å². The van der Waals surface area contributed by atoms with E-state index in [1.807, 2.05) is 13.0 Å². The molecular formula is C16H12BrClO4. The van der Waals surface area contributed by atoms with Crippen molar-refractivity contribution in [2.45, 2.75) is 6.92 Å². The third-order valence-electron chi connectivity index (χ3n) is 2.84. The Labute approximate surface area is 140 Å². The number of aliphatic carboxylic acids is 1. The van der Waals surface area contributed by atoms with Crippen LogP contribution in [0.15, 0.2) is 40.9 Å². The van der Waals surface area contributed by atoms with Gasteiger partial charge in [0.2, 0.25) is 0 Å². The van der Waals surface area contributed by atoms with Crippen LogP contribution in [-0.4, -0.2) is 23.5 Å². The van der Waals surface area contributed by atoms with Crippen molar-refractivity contribution in [3.8, 4) is 5.75 Å². The fourth-order valence-electron chi connectivity index (χ4n) is 1.97. The van der Waals surface area contributed by atoms with Crippen LogP contribution in [0.2, 0.25) is 5.02 Å². The van der Waals surface area contributed by atoms with Gasteiger partial charge >= 0.3 is 5.97 Å². The summed E-state index contributed by atoms with van der Waals surface area (Å²) in [6.07, 6.45) is 0. The van der Waals surface area contributed by atoms with Gasteiger partial charge < -0.3 is 9.84 Å². The standard InChI is InChI=1S/C16H12BrClO4/c1-9-4-10(6-11(17)5-9)16(21)13-7-12(18)2-3-14(13)22-8-15(19)20/h2-7H,8H2,1H3,(H,19,20). The number of aryl methyl sites for hydroxylation is 1.